The van der Waals surface area contributed by atoms with Crippen LogP contribution < -0.4 is 5.32 Å². The smallest absolute Gasteiger partial charge is 0.240 e. The van der Waals surface area contributed by atoms with Gasteiger partial charge in [0.1, 0.15) is 6.33 Å². The van der Waals surface area contributed by atoms with E-state index in [2.05, 4.69) is 20.2 Å². The summed E-state index contributed by atoms with van der Waals surface area (Å²) >= 11 is 0. The van der Waals surface area contributed by atoms with Crippen molar-refractivity contribution in [3.05, 3.63) is 24.3 Å². The van der Waals surface area contributed by atoms with Crippen molar-refractivity contribution in [3.8, 4) is 0 Å². The minimum absolute atomic E-state index is 0.0394. The van der Waals surface area contributed by atoms with Crippen LogP contribution in [0.2, 0.25) is 0 Å². The average molecular weight is 274 g/mol. The van der Waals surface area contributed by atoms with Crippen molar-refractivity contribution >= 4 is 5.91 Å². The highest BCUT2D eigenvalue weighted by Gasteiger charge is 2.40. The highest BCUT2D eigenvalue weighted by molar-refractivity contribution is 5.82. The molecule has 2 heterocycles. The van der Waals surface area contributed by atoms with Gasteiger partial charge in [-0.15, -0.1) is 0 Å². The number of fused-ring (bicyclic) bond motifs is 1. The first-order valence-electron chi connectivity index (χ1n) is 7.52. The Kier molecular flexibility index (Phi) is 3.96. The van der Waals surface area contributed by atoms with Crippen molar-refractivity contribution in [1.82, 2.24) is 20.2 Å². The maximum Gasteiger partial charge on any atom is 0.240 e. The Balaban J connectivity index is 1.84. The summed E-state index contributed by atoms with van der Waals surface area (Å²) in [6.45, 7) is 0.612. The van der Waals surface area contributed by atoms with Crippen LogP contribution in [0.1, 0.15) is 37.8 Å². The van der Waals surface area contributed by atoms with E-state index in [0.29, 0.717) is 18.5 Å². The van der Waals surface area contributed by atoms with E-state index < -0.39 is 0 Å². The summed E-state index contributed by atoms with van der Waals surface area (Å²) in [7, 11) is 1.88. The third kappa shape index (κ3) is 2.54. The third-order valence-corrected chi connectivity index (χ3v) is 4.75. The maximum absolute atomic E-state index is 12.7. The van der Waals surface area contributed by atoms with Crippen LogP contribution in [0.3, 0.4) is 0 Å². The summed E-state index contributed by atoms with van der Waals surface area (Å²) in [6.07, 6.45) is 9.05. The summed E-state index contributed by atoms with van der Waals surface area (Å²) in [6, 6.07) is 2.26. The summed E-state index contributed by atoms with van der Waals surface area (Å²) in [5.41, 5.74) is 0.927. The zero-order valence-electron chi connectivity index (χ0n) is 12.0. The molecule has 1 aromatic rings. The minimum Gasteiger partial charge on any atom is -0.332 e. The van der Waals surface area contributed by atoms with Crippen LogP contribution in [0, 0.1) is 5.92 Å². The van der Waals surface area contributed by atoms with Gasteiger partial charge in [-0.25, -0.2) is 9.97 Å². The molecule has 20 heavy (non-hydrogen) atoms. The molecule has 3 rings (SSSR count). The Bertz CT molecular complexity index is 464. The van der Waals surface area contributed by atoms with Crippen molar-refractivity contribution in [2.45, 2.75) is 50.7 Å². The van der Waals surface area contributed by atoms with Gasteiger partial charge in [0.05, 0.1) is 18.3 Å². The summed E-state index contributed by atoms with van der Waals surface area (Å²) in [5, 5.41) is 3.17. The molecule has 1 aromatic heterocycles. The number of hydrogen-bond acceptors (Lipinski definition) is 4. The normalized spacial score (nSPS) is 30.1. The lowest BCUT2D eigenvalue weighted by atomic mass is 9.97. The molecule has 3 unspecified atom stereocenters. The molecule has 0 aromatic carbocycles. The summed E-state index contributed by atoms with van der Waals surface area (Å²) in [5.74, 6) is 0.902. The van der Waals surface area contributed by atoms with Gasteiger partial charge in [0, 0.05) is 12.2 Å². The van der Waals surface area contributed by atoms with Crippen molar-refractivity contribution < 1.29 is 4.79 Å². The van der Waals surface area contributed by atoms with Gasteiger partial charge < -0.3 is 10.2 Å². The zero-order chi connectivity index (χ0) is 13.9. The van der Waals surface area contributed by atoms with E-state index in [1.807, 2.05) is 13.1 Å². The minimum atomic E-state index is -0.0394. The van der Waals surface area contributed by atoms with Crippen LogP contribution in [0.25, 0.3) is 0 Å². The second kappa shape index (κ2) is 5.87. The van der Waals surface area contributed by atoms with Crippen LogP contribution in [-0.4, -0.2) is 39.9 Å². The average Bonchev–Trinajstić information content (AvgIpc) is 2.90. The SMILES string of the molecule is CNC1CCC2CCCC2N(Cc2ccncn2)C1=O. The number of rotatable bonds is 3. The zero-order valence-corrected chi connectivity index (χ0v) is 12.0. The lowest BCUT2D eigenvalue weighted by Crippen LogP contribution is -2.47. The number of aromatic nitrogens is 2. The second-order valence-electron chi connectivity index (χ2n) is 5.84. The molecule has 1 N–H and O–H groups in total. The number of likely N-dealkylation sites (N-methyl/N-ethyl adjacent to an activating group) is 1. The Hall–Kier alpha value is -1.49. The largest absolute Gasteiger partial charge is 0.332 e. The number of amides is 1. The topological polar surface area (TPSA) is 58.1 Å². The molecular formula is C15H22N4O. The van der Waals surface area contributed by atoms with Crippen molar-refractivity contribution in [2.75, 3.05) is 7.05 Å². The van der Waals surface area contributed by atoms with E-state index in [1.54, 1.807) is 12.5 Å². The molecule has 1 aliphatic heterocycles. The maximum atomic E-state index is 12.7. The van der Waals surface area contributed by atoms with Crippen LogP contribution in [0.5, 0.6) is 0 Å². The molecule has 1 amide bonds. The number of carbonyl (C=O) groups excluding carboxylic acids is 1. The Morgan fingerprint density at radius 2 is 2.25 bits per heavy atom. The Morgan fingerprint density at radius 1 is 1.35 bits per heavy atom. The van der Waals surface area contributed by atoms with Gasteiger partial charge >= 0.3 is 0 Å². The molecule has 1 saturated heterocycles. The molecule has 0 radical (unpaired) electrons. The monoisotopic (exact) mass is 274 g/mol. The van der Waals surface area contributed by atoms with Gasteiger partial charge in [0.2, 0.25) is 5.91 Å². The fourth-order valence-electron chi connectivity index (χ4n) is 3.68. The number of nitrogens with one attached hydrogen (secondary N) is 1. The first-order chi connectivity index (χ1) is 9.79. The van der Waals surface area contributed by atoms with Gasteiger partial charge in [0.25, 0.3) is 0 Å². The predicted octanol–water partition coefficient (Wildman–Crippen LogP) is 1.36. The van der Waals surface area contributed by atoms with Crippen molar-refractivity contribution in [2.24, 2.45) is 5.92 Å². The quantitative estimate of drug-likeness (QED) is 0.904. The Labute approximate surface area is 119 Å². The van der Waals surface area contributed by atoms with E-state index in [-0.39, 0.29) is 11.9 Å². The lowest BCUT2D eigenvalue weighted by molar-refractivity contribution is -0.136. The highest BCUT2D eigenvalue weighted by Crippen LogP contribution is 2.37. The van der Waals surface area contributed by atoms with Crippen LogP contribution in [0.15, 0.2) is 18.6 Å². The highest BCUT2D eigenvalue weighted by atomic mass is 16.2. The number of nitrogens with zero attached hydrogens (tertiary/aromatic N) is 3. The summed E-state index contributed by atoms with van der Waals surface area (Å²) < 4.78 is 0. The molecular weight excluding hydrogens is 252 g/mol. The standard InChI is InChI=1S/C15H22N4O/c1-16-13-6-5-11-3-2-4-14(11)19(15(13)20)9-12-7-8-17-10-18-12/h7-8,10-11,13-14,16H,2-6,9H2,1H3. The fourth-order valence-corrected chi connectivity index (χ4v) is 3.68. The first-order valence-corrected chi connectivity index (χ1v) is 7.52. The Morgan fingerprint density at radius 3 is 3.00 bits per heavy atom. The van der Waals surface area contributed by atoms with Gasteiger partial charge in [-0.1, -0.05) is 6.42 Å². The predicted molar refractivity (Wildman–Crippen MR) is 75.8 cm³/mol. The number of likely N-dealkylation sites (tertiary alicyclic amines) is 1. The van der Waals surface area contributed by atoms with E-state index in [9.17, 15) is 4.79 Å². The molecule has 1 saturated carbocycles. The molecule has 0 bridgehead atoms. The number of hydrogen-bond donors (Lipinski definition) is 1. The van der Waals surface area contributed by atoms with Crippen LogP contribution in [0.4, 0.5) is 0 Å². The molecule has 1 aliphatic carbocycles. The summed E-state index contributed by atoms with van der Waals surface area (Å²) in [4.78, 5) is 23.0. The molecule has 0 spiro atoms. The molecule has 2 aliphatic rings. The van der Waals surface area contributed by atoms with E-state index in [0.717, 1.165) is 25.0 Å². The number of carbonyl (C=O) groups is 1. The van der Waals surface area contributed by atoms with E-state index >= 15 is 0 Å². The van der Waals surface area contributed by atoms with Gasteiger partial charge in [0.15, 0.2) is 0 Å². The van der Waals surface area contributed by atoms with Crippen molar-refractivity contribution in [3.63, 3.8) is 0 Å². The van der Waals surface area contributed by atoms with Gasteiger partial charge in [-0.05, 0) is 44.7 Å². The fraction of sp³-hybridized carbons (Fsp3) is 0.667. The molecule has 108 valence electrons. The molecule has 2 fully saturated rings. The molecule has 5 nitrogen and oxygen atoms in total. The van der Waals surface area contributed by atoms with E-state index in [4.69, 9.17) is 0 Å². The third-order valence-electron chi connectivity index (χ3n) is 4.75. The van der Waals surface area contributed by atoms with Gasteiger partial charge in [-0.2, -0.15) is 0 Å². The molecule has 3 atom stereocenters. The van der Waals surface area contributed by atoms with Crippen LogP contribution >= 0.6 is 0 Å². The van der Waals surface area contributed by atoms with Gasteiger partial charge in [-0.3, -0.25) is 4.79 Å². The second-order valence-corrected chi connectivity index (χ2v) is 5.84. The van der Waals surface area contributed by atoms with Crippen molar-refractivity contribution in [1.29, 1.82) is 0 Å². The molecule has 5 heteroatoms. The lowest BCUT2D eigenvalue weighted by Gasteiger charge is -2.31. The first kappa shape index (κ1) is 13.5. The van der Waals surface area contributed by atoms with E-state index in [1.165, 1.54) is 12.8 Å². The van der Waals surface area contributed by atoms with Crippen LogP contribution in [-0.2, 0) is 11.3 Å².